The standard InChI is InChI=1S/C25H28F5N3O3/c26-18-11-16(12-19(27)22(18)35-17-9-14-8-15(14)10-17)31-23(34)21-20(13-25(28,29)30)36-24(32-21)33-6-4-2-1-3-5-7-33/h11-12,14-15,17H,1-10,13H2,(H,31,34). The highest BCUT2D eigenvalue weighted by Gasteiger charge is 2.47. The van der Waals surface area contributed by atoms with Crippen LogP contribution in [0.5, 0.6) is 5.75 Å². The van der Waals surface area contributed by atoms with Crippen LogP contribution in [0.2, 0.25) is 0 Å². The number of alkyl halides is 3. The molecule has 0 radical (unpaired) electrons. The van der Waals surface area contributed by atoms with Crippen LogP contribution in [-0.2, 0) is 6.42 Å². The summed E-state index contributed by atoms with van der Waals surface area (Å²) in [5, 5.41) is 2.26. The van der Waals surface area contributed by atoms with E-state index in [1.807, 2.05) is 0 Å². The molecule has 36 heavy (non-hydrogen) atoms. The van der Waals surface area contributed by atoms with Crippen molar-refractivity contribution in [3.8, 4) is 5.75 Å². The summed E-state index contributed by atoms with van der Waals surface area (Å²) in [6.45, 7) is 1.10. The number of fused-ring (bicyclic) bond motifs is 1. The molecule has 6 nitrogen and oxygen atoms in total. The van der Waals surface area contributed by atoms with Crippen molar-refractivity contribution in [3.05, 3.63) is 35.2 Å². The van der Waals surface area contributed by atoms with Gasteiger partial charge in [-0.25, -0.2) is 8.78 Å². The predicted octanol–water partition coefficient (Wildman–Crippen LogP) is 6.26. The summed E-state index contributed by atoms with van der Waals surface area (Å²) in [5.41, 5.74) is -0.818. The van der Waals surface area contributed by atoms with Crippen LogP contribution in [0.25, 0.3) is 0 Å². The molecule has 5 rings (SSSR count). The van der Waals surface area contributed by atoms with Gasteiger partial charge < -0.3 is 19.4 Å². The smallest absolute Gasteiger partial charge is 0.396 e. The third kappa shape index (κ3) is 5.75. The van der Waals surface area contributed by atoms with Crippen LogP contribution in [0.4, 0.5) is 33.7 Å². The number of nitrogens with zero attached hydrogens (tertiary/aromatic N) is 2. The highest BCUT2D eigenvalue weighted by Crippen LogP contribution is 2.52. The Balaban J connectivity index is 1.33. The minimum atomic E-state index is -4.64. The summed E-state index contributed by atoms with van der Waals surface area (Å²) in [5.74, 6) is -3.06. The number of nitrogens with one attached hydrogen (secondary N) is 1. The lowest BCUT2D eigenvalue weighted by Gasteiger charge is -2.22. The van der Waals surface area contributed by atoms with Gasteiger partial charge in [0.2, 0.25) is 0 Å². The van der Waals surface area contributed by atoms with Crippen molar-refractivity contribution in [2.24, 2.45) is 11.8 Å². The van der Waals surface area contributed by atoms with Crippen LogP contribution in [0.15, 0.2) is 16.5 Å². The van der Waals surface area contributed by atoms with Crippen LogP contribution in [0.1, 0.15) is 67.6 Å². The van der Waals surface area contributed by atoms with E-state index >= 15 is 0 Å². The van der Waals surface area contributed by atoms with Crippen molar-refractivity contribution in [1.29, 1.82) is 0 Å². The first kappa shape index (κ1) is 24.8. The van der Waals surface area contributed by atoms with E-state index < -0.39 is 47.3 Å². The van der Waals surface area contributed by atoms with Gasteiger partial charge >= 0.3 is 6.18 Å². The molecule has 2 aromatic rings. The van der Waals surface area contributed by atoms with Crippen LogP contribution >= 0.6 is 0 Å². The Bertz CT molecular complexity index is 1080. The van der Waals surface area contributed by atoms with Crippen LogP contribution < -0.4 is 15.0 Å². The Kier molecular flexibility index (Phi) is 6.82. The van der Waals surface area contributed by atoms with E-state index in [9.17, 15) is 26.7 Å². The molecule has 196 valence electrons. The molecule has 2 unspecified atom stereocenters. The Hall–Kier alpha value is -2.85. The molecule has 2 heterocycles. The quantitative estimate of drug-likeness (QED) is 0.462. The lowest BCUT2D eigenvalue weighted by atomic mass is 10.1. The molecule has 1 amide bonds. The number of hydrogen-bond donors (Lipinski definition) is 1. The second-order valence-electron chi connectivity index (χ2n) is 10.0. The third-order valence-electron chi connectivity index (χ3n) is 7.13. The van der Waals surface area contributed by atoms with Crippen LogP contribution in [-0.4, -0.2) is 36.3 Å². The summed E-state index contributed by atoms with van der Waals surface area (Å²) < 4.78 is 79.7. The van der Waals surface area contributed by atoms with Gasteiger partial charge in [0.25, 0.3) is 11.9 Å². The van der Waals surface area contributed by atoms with Gasteiger partial charge in [-0.2, -0.15) is 18.2 Å². The highest BCUT2D eigenvalue weighted by molar-refractivity contribution is 6.03. The summed E-state index contributed by atoms with van der Waals surface area (Å²) in [6.07, 6.45) is 0.984. The number of rotatable bonds is 6. The largest absolute Gasteiger partial charge is 0.484 e. The lowest BCUT2D eigenvalue weighted by Crippen LogP contribution is -2.27. The Morgan fingerprint density at radius 1 is 1.03 bits per heavy atom. The molecule has 1 aromatic carbocycles. The Morgan fingerprint density at radius 2 is 1.64 bits per heavy atom. The van der Waals surface area contributed by atoms with Crippen molar-refractivity contribution in [2.75, 3.05) is 23.3 Å². The number of oxazole rings is 1. The van der Waals surface area contributed by atoms with Gasteiger partial charge in [-0.3, -0.25) is 4.79 Å². The maximum atomic E-state index is 14.6. The Morgan fingerprint density at radius 3 is 2.25 bits per heavy atom. The number of halogens is 5. The summed E-state index contributed by atoms with van der Waals surface area (Å²) in [6, 6.07) is 1.71. The van der Waals surface area contributed by atoms with Gasteiger partial charge in [0, 0.05) is 30.9 Å². The number of carbonyl (C=O) groups is 1. The highest BCUT2D eigenvalue weighted by atomic mass is 19.4. The molecular formula is C25H28F5N3O3. The van der Waals surface area contributed by atoms with Gasteiger partial charge in [-0.05, 0) is 43.9 Å². The van der Waals surface area contributed by atoms with E-state index in [4.69, 9.17) is 9.15 Å². The molecule has 11 heteroatoms. The van der Waals surface area contributed by atoms with Crippen molar-refractivity contribution in [3.63, 3.8) is 0 Å². The molecule has 0 bridgehead atoms. The fraction of sp³-hybridized carbons (Fsp3) is 0.600. The van der Waals surface area contributed by atoms with Gasteiger partial charge in [0.1, 0.15) is 12.2 Å². The maximum Gasteiger partial charge on any atom is 0.396 e. The fourth-order valence-corrected chi connectivity index (χ4v) is 5.25. The minimum absolute atomic E-state index is 0.0583. The van der Waals surface area contributed by atoms with Crippen molar-refractivity contribution in [2.45, 2.75) is 70.1 Å². The van der Waals surface area contributed by atoms with E-state index in [2.05, 4.69) is 10.3 Å². The zero-order chi connectivity index (χ0) is 25.4. The van der Waals surface area contributed by atoms with E-state index in [1.165, 1.54) is 0 Å². The molecular weight excluding hydrogens is 485 g/mol. The SMILES string of the molecule is O=C(Nc1cc(F)c(OC2CC3CC3C2)c(F)c1)c1nc(N2CCCCCCC2)oc1CC(F)(F)F. The van der Waals surface area contributed by atoms with Crippen LogP contribution in [0.3, 0.4) is 0 Å². The number of carbonyl (C=O) groups excluding carboxylic acids is 1. The van der Waals surface area contributed by atoms with Crippen molar-refractivity contribution < 1.29 is 35.9 Å². The zero-order valence-electron chi connectivity index (χ0n) is 19.7. The maximum absolute atomic E-state index is 14.6. The number of benzene rings is 1. The summed E-state index contributed by atoms with van der Waals surface area (Å²) in [4.78, 5) is 18.7. The number of anilines is 2. The predicted molar refractivity (Wildman–Crippen MR) is 121 cm³/mol. The average molecular weight is 514 g/mol. The number of amides is 1. The topological polar surface area (TPSA) is 67.6 Å². The number of ether oxygens (including phenoxy) is 1. The minimum Gasteiger partial charge on any atom is -0.484 e. The van der Waals surface area contributed by atoms with E-state index in [-0.39, 0.29) is 17.8 Å². The normalized spacial score (nSPS) is 24.1. The third-order valence-corrected chi connectivity index (χ3v) is 7.13. The number of hydrogen-bond acceptors (Lipinski definition) is 5. The first-order valence-electron chi connectivity index (χ1n) is 12.4. The molecule has 2 saturated carbocycles. The second kappa shape index (κ2) is 9.89. The molecule has 2 aliphatic carbocycles. The molecule has 1 aliphatic heterocycles. The summed E-state index contributed by atoms with van der Waals surface area (Å²) >= 11 is 0. The van der Waals surface area contributed by atoms with E-state index in [1.54, 1.807) is 4.90 Å². The first-order valence-corrected chi connectivity index (χ1v) is 12.4. The molecule has 2 atom stereocenters. The molecule has 0 spiro atoms. The zero-order valence-corrected chi connectivity index (χ0v) is 19.7. The van der Waals surface area contributed by atoms with Gasteiger partial charge in [-0.1, -0.05) is 19.3 Å². The molecule has 3 aliphatic rings. The fourth-order valence-electron chi connectivity index (χ4n) is 5.25. The second-order valence-corrected chi connectivity index (χ2v) is 10.0. The van der Waals surface area contributed by atoms with Crippen molar-refractivity contribution in [1.82, 2.24) is 4.98 Å². The Labute approximate surface area is 205 Å². The molecule has 3 fully saturated rings. The monoisotopic (exact) mass is 513 g/mol. The molecule has 1 aromatic heterocycles. The molecule has 1 N–H and O–H groups in total. The molecule has 1 saturated heterocycles. The van der Waals surface area contributed by atoms with E-state index in [0.29, 0.717) is 24.9 Å². The first-order chi connectivity index (χ1) is 17.2. The van der Waals surface area contributed by atoms with E-state index in [0.717, 1.165) is 63.5 Å². The van der Waals surface area contributed by atoms with Gasteiger partial charge in [0.05, 0.1) is 6.10 Å². The average Bonchev–Trinajstić information content (AvgIpc) is 3.17. The van der Waals surface area contributed by atoms with Crippen molar-refractivity contribution >= 4 is 17.6 Å². The van der Waals surface area contributed by atoms with Crippen LogP contribution in [0, 0.1) is 23.5 Å². The number of aromatic nitrogens is 1. The van der Waals surface area contributed by atoms with Gasteiger partial charge in [-0.15, -0.1) is 0 Å². The lowest BCUT2D eigenvalue weighted by molar-refractivity contribution is -0.130. The summed E-state index contributed by atoms with van der Waals surface area (Å²) in [7, 11) is 0. The van der Waals surface area contributed by atoms with Gasteiger partial charge in [0.15, 0.2) is 23.1 Å².